The second-order valence-electron chi connectivity index (χ2n) is 7.29. The van der Waals surface area contributed by atoms with Crippen LogP contribution in [0, 0.1) is 0 Å². The maximum atomic E-state index is 2.67. The Kier molecular flexibility index (Phi) is 8.37. The Hall–Kier alpha value is 0.627. The zero-order chi connectivity index (χ0) is 15.0. The maximum absolute atomic E-state index is 2.99. The monoisotopic (exact) mass is 526 g/mol. The molecule has 4 heteroatoms. The van der Waals surface area contributed by atoms with E-state index in [-0.39, 0.29) is 24.8 Å². The molecule has 0 N–H and O–H groups in total. The quantitative estimate of drug-likeness (QED) is 0.375. The van der Waals surface area contributed by atoms with Crippen molar-refractivity contribution in [3.8, 4) is 0 Å². The summed E-state index contributed by atoms with van der Waals surface area (Å²) in [5.41, 5.74) is 5.21. The summed E-state index contributed by atoms with van der Waals surface area (Å²) < 4.78 is 9.05. The summed E-state index contributed by atoms with van der Waals surface area (Å²) in [5, 5.41) is 0. The Morgan fingerprint density at radius 1 is 1.00 bits per heavy atom. The Labute approximate surface area is 151 Å². The molecule has 0 bridgehead atoms. The SMILES string of the molecule is CCC1=C(CC)C(CC)=[C]([Hf]([CH3])([CH3])(=[SiH2])[C]2=CC=CC2)C1.Cl.Cl. The maximum Gasteiger partial charge on any atom is -0.147 e. The summed E-state index contributed by atoms with van der Waals surface area (Å²) in [6.45, 7) is 9.45. The van der Waals surface area contributed by atoms with E-state index in [2.05, 4.69) is 55.3 Å². The molecule has 0 aromatic rings. The fraction of sp³-hybridized carbons (Fsp3) is 0.556. The molecule has 0 nitrogen and oxygen atoms in total. The van der Waals surface area contributed by atoms with Crippen LogP contribution in [-0.2, 0) is 17.1 Å². The van der Waals surface area contributed by atoms with Crippen LogP contribution in [0.2, 0.25) is 9.36 Å². The molecule has 2 aliphatic rings. The zero-order valence-corrected chi connectivity index (χ0v) is 21.4. The van der Waals surface area contributed by atoms with E-state index < -0.39 is 17.1 Å². The van der Waals surface area contributed by atoms with Gasteiger partial charge in [0.15, 0.2) is 0 Å². The van der Waals surface area contributed by atoms with Crippen LogP contribution >= 0.6 is 24.8 Å². The van der Waals surface area contributed by atoms with Crippen LogP contribution in [0.15, 0.2) is 41.6 Å². The molecule has 0 atom stereocenters. The number of hydrogen-bond donors (Lipinski definition) is 0. The second kappa shape index (κ2) is 8.14. The number of halogens is 2. The van der Waals surface area contributed by atoms with E-state index in [4.69, 9.17) is 0 Å². The molecule has 0 saturated heterocycles. The van der Waals surface area contributed by atoms with Crippen LogP contribution in [-0.4, -0.2) is 6.94 Å². The van der Waals surface area contributed by atoms with Gasteiger partial charge in [-0.3, -0.25) is 0 Å². The van der Waals surface area contributed by atoms with Gasteiger partial charge < -0.3 is 0 Å². The summed E-state index contributed by atoms with van der Waals surface area (Å²) >= 11 is -2.99. The van der Waals surface area contributed by atoms with Gasteiger partial charge >= 0.3 is 128 Å². The molecule has 0 fully saturated rings. The minimum Gasteiger partial charge on any atom is -0.147 e. The van der Waals surface area contributed by atoms with Crippen molar-refractivity contribution in [1.82, 2.24) is 0 Å². The standard InChI is InChI=1S/C11H17.C5H5.2CH3.2ClH.Hf.H2Si/c1-4-9-7-8-10(5-2)11(9)6-3;1-2-4-5-3-1;;;;;;/h4-7H2,1-3H3;1-3H,4H2;2*1H3;2*1H;;1H2. The van der Waals surface area contributed by atoms with Gasteiger partial charge in [-0.1, -0.05) is 0 Å². The molecule has 0 aliphatic heterocycles. The molecule has 0 aromatic carbocycles. The smallest absolute Gasteiger partial charge is 0.147 e. The Morgan fingerprint density at radius 2 is 1.59 bits per heavy atom. The number of allylic oxidation sites excluding steroid dienone is 8. The summed E-state index contributed by atoms with van der Waals surface area (Å²) in [6.07, 6.45) is 13.3. The summed E-state index contributed by atoms with van der Waals surface area (Å²) in [7, 11) is 0. The molecule has 0 heterocycles. The van der Waals surface area contributed by atoms with E-state index >= 15 is 0 Å². The van der Waals surface area contributed by atoms with Crippen molar-refractivity contribution in [2.75, 3.05) is 0 Å². The van der Waals surface area contributed by atoms with Crippen molar-refractivity contribution >= 4 is 31.8 Å². The molecule has 22 heavy (non-hydrogen) atoms. The van der Waals surface area contributed by atoms with E-state index in [1.165, 1.54) is 32.1 Å². The third-order valence-corrected chi connectivity index (χ3v) is 30.1. The first-order valence-corrected chi connectivity index (χ1v) is 27.3. The van der Waals surface area contributed by atoms with Gasteiger partial charge in [0.05, 0.1) is 0 Å². The van der Waals surface area contributed by atoms with Crippen LogP contribution in [0.25, 0.3) is 0 Å². The minimum absolute atomic E-state index is 0. The molecule has 0 amide bonds. The van der Waals surface area contributed by atoms with Crippen molar-refractivity contribution < 1.29 is 17.1 Å². The van der Waals surface area contributed by atoms with Gasteiger partial charge in [0.2, 0.25) is 0 Å². The first-order chi connectivity index (χ1) is 9.34. The summed E-state index contributed by atoms with van der Waals surface area (Å²) in [6, 6.07) is 0. The van der Waals surface area contributed by atoms with Crippen LogP contribution in [0.5, 0.6) is 0 Å². The van der Waals surface area contributed by atoms with Crippen molar-refractivity contribution in [3.05, 3.63) is 41.6 Å². The first-order valence-electron chi connectivity index (χ1n) is 8.21. The second-order valence-corrected chi connectivity index (χ2v) is 48.4. The molecule has 126 valence electrons. The van der Waals surface area contributed by atoms with E-state index in [1.807, 2.05) is 3.33 Å². The van der Waals surface area contributed by atoms with Crippen molar-refractivity contribution in [1.29, 1.82) is 0 Å². The third kappa shape index (κ3) is 3.82. The minimum atomic E-state index is -2.99. The average molecular weight is 526 g/mol. The van der Waals surface area contributed by atoms with Gasteiger partial charge in [-0.25, -0.2) is 0 Å². The predicted molar refractivity (Wildman–Crippen MR) is 106 cm³/mol. The van der Waals surface area contributed by atoms with Crippen molar-refractivity contribution in [2.24, 2.45) is 0 Å². The van der Waals surface area contributed by atoms with Crippen molar-refractivity contribution in [2.45, 2.75) is 62.2 Å². The van der Waals surface area contributed by atoms with Crippen LogP contribution in [0.1, 0.15) is 52.9 Å². The Bertz CT molecular complexity index is 615. The summed E-state index contributed by atoms with van der Waals surface area (Å²) in [4.78, 5) is 0. The van der Waals surface area contributed by atoms with Crippen molar-refractivity contribution in [3.63, 3.8) is 0 Å². The van der Waals surface area contributed by atoms with Gasteiger partial charge in [0.25, 0.3) is 0 Å². The van der Waals surface area contributed by atoms with E-state index in [9.17, 15) is 0 Å². The van der Waals surface area contributed by atoms with Crippen LogP contribution < -0.4 is 0 Å². The van der Waals surface area contributed by atoms with E-state index in [1.54, 1.807) is 20.0 Å². The molecule has 0 radical (unpaired) electrons. The molecule has 2 aliphatic carbocycles. The van der Waals surface area contributed by atoms with Gasteiger partial charge in [0, 0.05) is 0 Å². The number of hydrogen-bond acceptors (Lipinski definition) is 0. The largest absolute Gasteiger partial charge is 0.147 e. The summed E-state index contributed by atoms with van der Waals surface area (Å²) in [5.74, 6) is 0. The zero-order valence-electron chi connectivity index (χ0n) is 14.8. The Morgan fingerprint density at radius 3 is 2.00 bits per heavy atom. The van der Waals surface area contributed by atoms with Gasteiger partial charge in [-0.05, 0) is 0 Å². The molecule has 2 rings (SSSR count). The molecule has 0 saturated carbocycles. The molecule has 0 unspecified atom stereocenters. The average Bonchev–Trinajstić information content (AvgIpc) is 3.05. The topological polar surface area (TPSA) is 0 Å². The van der Waals surface area contributed by atoms with Gasteiger partial charge in [-0.15, -0.1) is 24.8 Å². The van der Waals surface area contributed by atoms with E-state index in [0.29, 0.717) is 0 Å². The van der Waals surface area contributed by atoms with Gasteiger partial charge in [-0.2, -0.15) is 0 Å². The van der Waals surface area contributed by atoms with Crippen LogP contribution in [0.4, 0.5) is 0 Å². The van der Waals surface area contributed by atoms with Crippen LogP contribution in [0.3, 0.4) is 0 Å². The third-order valence-electron chi connectivity index (χ3n) is 5.45. The predicted octanol–water partition coefficient (Wildman–Crippen LogP) is 6.19. The molecule has 0 aromatic heterocycles. The first kappa shape index (κ1) is 22.6. The molecular weight excluding hydrogens is 494 g/mol. The molecular formula is C18H32Cl2HfSi. The van der Waals surface area contributed by atoms with E-state index in [0.717, 1.165) is 0 Å². The molecule has 0 spiro atoms. The fourth-order valence-corrected chi connectivity index (χ4v) is 22.9. The fourth-order valence-electron chi connectivity index (χ4n) is 4.05. The Balaban J connectivity index is 0.00000220. The number of rotatable bonds is 5. The normalized spacial score (nSPS) is 18.4. The van der Waals surface area contributed by atoms with Gasteiger partial charge in [0.1, 0.15) is 0 Å².